The zero-order valence-electron chi connectivity index (χ0n) is 13.7. The quantitative estimate of drug-likeness (QED) is 0.867. The van der Waals surface area contributed by atoms with Crippen LogP contribution in [0.25, 0.3) is 0 Å². The van der Waals surface area contributed by atoms with Crippen LogP contribution in [0.5, 0.6) is 0 Å². The van der Waals surface area contributed by atoms with Crippen molar-refractivity contribution in [2.24, 2.45) is 0 Å². The van der Waals surface area contributed by atoms with E-state index in [1.165, 1.54) is 17.3 Å². The summed E-state index contributed by atoms with van der Waals surface area (Å²) in [5.74, 6) is -0.473. The Morgan fingerprint density at radius 2 is 2.08 bits per heavy atom. The number of aromatic nitrogens is 2. The van der Waals surface area contributed by atoms with Crippen molar-refractivity contribution in [2.45, 2.75) is 31.1 Å². The van der Waals surface area contributed by atoms with Crippen molar-refractivity contribution < 1.29 is 18.4 Å². The van der Waals surface area contributed by atoms with Gasteiger partial charge in [-0.2, -0.15) is 0 Å². The maximum Gasteiger partial charge on any atom is 0.264 e. The number of nitrogens with zero attached hydrogens (tertiary/aromatic N) is 3. The largest absolute Gasteiger partial charge is 0.328 e. The minimum Gasteiger partial charge on any atom is -0.328 e. The smallest absolute Gasteiger partial charge is 0.264 e. The lowest BCUT2D eigenvalue weighted by Gasteiger charge is -2.32. The standard InChI is InChI=1S/C17H16F2N4O2S/c18-12(19)7-10-6-11-14(26-10)15(25)23(9-17(11)2-3-17)8-13(24)22-16-20-4-1-5-21-16/h1,4-6,12H,2-3,7-9H2,(H,20,21,22,24). The summed E-state index contributed by atoms with van der Waals surface area (Å²) in [4.78, 5) is 35.4. The maximum atomic E-state index is 12.8. The molecule has 0 saturated heterocycles. The van der Waals surface area contributed by atoms with E-state index in [0.29, 0.717) is 16.3 Å². The lowest BCUT2D eigenvalue weighted by Crippen LogP contribution is -2.46. The average Bonchev–Trinajstić information content (AvgIpc) is 3.23. The Hall–Kier alpha value is -2.42. The molecule has 9 heteroatoms. The molecule has 2 aromatic heterocycles. The Morgan fingerprint density at radius 1 is 1.35 bits per heavy atom. The fourth-order valence-corrected chi connectivity index (χ4v) is 4.57. The number of hydrogen-bond acceptors (Lipinski definition) is 5. The van der Waals surface area contributed by atoms with Crippen LogP contribution >= 0.6 is 11.3 Å². The van der Waals surface area contributed by atoms with Crippen LogP contribution in [0.3, 0.4) is 0 Å². The van der Waals surface area contributed by atoms with Gasteiger partial charge in [-0.15, -0.1) is 11.3 Å². The molecule has 1 fully saturated rings. The van der Waals surface area contributed by atoms with E-state index < -0.39 is 6.43 Å². The molecular formula is C17H16F2N4O2S. The van der Waals surface area contributed by atoms with Crippen molar-refractivity contribution in [2.75, 3.05) is 18.4 Å². The number of fused-ring (bicyclic) bond motifs is 2. The lowest BCUT2D eigenvalue weighted by atomic mass is 9.91. The number of carbonyl (C=O) groups excluding carboxylic acids is 2. The number of amides is 2. The molecule has 0 atom stereocenters. The molecule has 0 radical (unpaired) electrons. The molecule has 6 nitrogen and oxygen atoms in total. The molecule has 4 rings (SSSR count). The minimum atomic E-state index is -2.44. The lowest BCUT2D eigenvalue weighted by molar-refractivity contribution is -0.117. The van der Waals surface area contributed by atoms with Crippen molar-refractivity contribution in [3.05, 3.63) is 39.8 Å². The first-order chi connectivity index (χ1) is 12.5. The van der Waals surface area contributed by atoms with E-state index in [2.05, 4.69) is 15.3 Å². The number of carbonyl (C=O) groups is 2. The van der Waals surface area contributed by atoms with Gasteiger partial charge in [0.15, 0.2) is 0 Å². The van der Waals surface area contributed by atoms with Crippen molar-refractivity contribution in [1.82, 2.24) is 14.9 Å². The SMILES string of the molecule is O=C(CN1CC2(CC2)c2cc(CC(F)F)sc2C1=O)Nc1ncccn1. The fourth-order valence-electron chi connectivity index (χ4n) is 3.32. The third kappa shape index (κ3) is 3.18. The Bertz CT molecular complexity index is 852. The van der Waals surface area contributed by atoms with E-state index in [4.69, 9.17) is 0 Å². The van der Waals surface area contributed by atoms with Gasteiger partial charge in [-0.25, -0.2) is 18.7 Å². The molecule has 1 aliphatic carbocycles. The van der Waals surface area contributed by atoms with Crippen molar-refractivity contribution in [3.63, 3.8) is 0 Å². The number of alkyl halides is 2. The molecule has 1 aliphatic heterocycles. The number of nitrogens with one attached hydrogen (secondary N) is 1. The molecule has 0 aromatic carbocycles. The van der Waals surface area contributed by atoms with E-state index in [1.54, 1.807) is 12.1 Å². The molecule has 2 amide bonds. The highest BCUT2D eigenvalue weighted by molar-refractivity contribution is 7.14. The molecule has 1 saturated carbocycles. The summed E-state index contributed by atoms with van der Waals surface area (Å²) in [6, 6.07) is 3.39. The molecular weight excluding hydrogens is 362 g/mol. The highest BCUT2D eigenvalue weighted by Gasteiger charge is 2.52. The average molecular weight is 378 g/mol. The zero-order chi connectivity index (χ0) is 18.3. The zero-order valence-corrected chi connectivity index (χ0v) is 14.6. The van der Waals surface area contributed by atoms with Crippen molar-refractivity contribution in [1.29, 1.82) is 0 Å². The Labute approximate surface area is 152 Å². The summed E-state index contributed by atoms with van der Waals surface area (Å²) < 4.78 is 25.4. The molecule has 2 aliphatic rings. The van der Waals surface area contributed by atoms with Crippen LogP contribution in [-0.4, -0.2) is 46.2 Å². The summed E-state index contributed by atoms with van der Waals surface area (Å²) in [5.41, 5.74) is 0.704. The van der Waals surface area contributed by atoms with Crippen LogP contribution in [0, 0.1) is 0 Å². The fraction of sp³-hybridized carbons (Fsp3) is 0.412. The Balaban J connectivity index is 1.51. The summed E-state index contributed by atoms with van der Waals surface area (Å²) >= 11 is 1.12. The van der Waals surface area contributed by atoms with Crippen LogP contribution in [0.4, 0.5) is 14.7 Å². The van der Waals surface area contributed by atoms with Gasteiger partial charge < -0.3 is 4.90 Å². The summed E-state index contributed by atoms with van der Waals surface area (Å²) in [6.07, 6.45) is 2.04. The molecule has 1 N–H and O–H groups in total. The predicted molar refractivity (Wildman–Crippen MR) is 91.5 cm³/mol. The van der Waals surface area contributed by atoms with Gasteiger partial charge in [0.1, 0.15) is 6.54 Å². The highest BCUT2D eigenvalue weighted by Crippen LogP contribution is 2.54. The van der Waals surface area contributed by atoms with Gasteiger partial charge in [-0.3, -0.25) is 14.9 Å². The minimum absolute atomic E-state index is 0.111. The van der Waals surface area contributed by atoms with Crippen LogP contribution in [0.2, 0.25) is 0 Å². The van der Waals surface area contributed by atoms with E-state index in [0.717, 1.165) is 29.7 Å². The molecule has 2 aromatic rings. The Morgan fingerprint density at radius 3 is 2.73 bits per heavy atom. The highest BCUT2D eigenvalue weighted by atomic mass is 32.1. The van der Waals surface area contributed by atoms with Gasteiger partial charge in [-0.05, 0) is 30.5 Å². The normalized spacial score (nSPS) is 17.5. The van der Waals surface area contributed by atoms with Crippen LogP contribution in [-0.2, 0) is 16.6 Å². The molecule has 0 bridgehead atoms. The third-order valence-electron chi connectivity index (χ3n) is 4.69. The first-order valence-electron chi connectivity index (χ1n) is 8.24. The second-order valence-electron chi connectivity index (χ2n) is 6.61. The Kier molecular flexibility index (Phi) is 4.18. The molecule has 3 heterocycles. The van der Waals surface area contributed by atoms with Gasteiger partial charge in [0.25, 0.3) is 5.91 Å². The second-order valence-corrected chi connectivity index (χ2v) is 7.75. The number of rotatable bonds is 5. The number of hydrogen-bond donors (Lipinski definition) is 1. The third-order valence-corrected chi connectivity index (χ3v) is 5.84. The summed E-state index contributed by atoms with van der Waals surface area (Å²) in [6.45, 7) is 0.326. The van der Waals surface area contributed by atoms with Crippen molar-refractivity contribution in [3.8, 4) is 0 Å². The van der Waals surface area contributed by atoms with Crippen LogP contribution in [0.15, 0.2) is 24.5 Å². The van der Waals surface area contributed by atoms with Crippen LogP contribution < -0.4 is 5.32 Å². The molecule has 0 unspecified atom stereocenters. The summed E-state index contributed by atoms with van der Waals surface area (Å²) in [7, 11) is 0. The van der Waals surface area contributed by atoms with Gasteiger partial charge in [0, 0.05) is 35.7 Å². The number of thiophene rings is 1. The summed E-state index contributed by atoms with van der Waals surface area (Å²) in [5, 5.41) is 2.56. The topological polar surface area (TPSA) is 75.2 Å². The maximum absolute atomic E-state index is 12.8. The van der Waals surface area contributed by atoms with Gasteiger partial charge in [0.2, 0.25) is 18.3 Å². The van der Waals surface area contributed by atoms with E-state index >= 15 is 0 Å². The van der Waals surface area contributed by atoms with E-state index in [1.807, 2.05) is 0 Å². The van der Waals surface area contributed by atoms with Crippen molar-refractivity contribution >= 4 is 29.1 Å². The van der Waals surface area contributed by atoms with Crippen LogP contribution in [0.1, 0.15) is 33.0 Å². The van der Waals surface area contributed by atoms with Gasteiger partial charge in [0.05, 0.1) is 4.88 Å². The van der Waals surface area contributed by atoms with Gasteiger partial charge in [-0.1, -0.05) is 0 Å². The molecule has 26 heavy (non-hydrogen) atoms. The second kappa shape index (κ2) is 6.39. The molecule has 1 spiro atoms. The van der Waals surface area contributed by atoms with E-state index in [9.17, 15) is 18.4 Å². The first kappa shape index (κ1) is 17.0. The molecule has 136 valence electrons. The predicted octanol–water partition coefficient (Wildman–Crippen LogP) is 2.47. The van der Waals surface area contributed by atoms with E-state index in [-0.39, 0.29) is 36.1 Å². The number of halogens is 2. The monoisotopic (exact) mass is 378 g/mol. The number of anilines is 1. The van der Waals surface area contributed by atoms with Gasteiger partial charge >= 0.3 is 0 Å². The first-order valence-corrected chi connectivity index (χ1v) is 9.06.